The van der Waals surface area contributed by atoms with E-state index in [0.29, 0.717) is 35.0 Å². The summed E-state index contributed by atoms with van der Waals surface area (Å²) in [5, 5.41) is 3.19. The van der Waals surface area contributed by atoms with Crippen LogP contribution < -0.4 is 20.5 Å². The van der Waals surface area contributed by atoms with Crippen LogP contribution in [0.4, 0.5) is 5.69 Å². The second-order valence-corrected chi connectivity index (χ2v) is 5.80. The minimum absolute atomic E-state index is 0. The van der Waals surface area contributed by atoms with Crippen molar-refractivity contribution in [3.63, 3.8) is 0 Å². The van der Waals surface area contributed by atoms with Crippen LogP contribution in [0.15, 0.2) is 30.3 Å². The number of carbonyl (C=O) groups is 1. The van der Waals surface area contributed by atoms with E-state index in [0.717, 1.165) is 16.9 Å². The van der Waals surface area contributed by atoms with E-state index >= 15 is 0 Å². The molecule has 1 amide bonds. The molecule has 0 aliphatic carbocycles. The quantitative estimate of drug-likeness (QED) is 0.745. The fraction of sp³-hybridized carbons (Fsp3) is 0.278. The molecule has 0 atom stereocenters. The number of ether oxygens (including phenoxy) is 2. The van der Waals surface area contributed by atoms with Crippen LogP contribution in [0.25, 0.3) is 0 Å². The lowest BCUT2D eigenvalue weighted by molar-refractivity contribution is 0.0951. The number of methoxy groups -OCH3 is 2. The second kappa shape index (κ2) is 9.39. The Kier molecular flexibility index (Phi) is 7.87. The Labute approximate surface area is 158 Å². The maximum Gasteiger partial charge on any atom is 0.255 e. The molecule has 0 fully saturated rings. The number of nitrogens with two attached hydrogens (primary N) is 1. The van der Waals surface area contributed by atoms with E-state index in [4.69, 9.17) is 26.8 Å². The Balaban J connectivity index is 0.00000312. The minimum Gasteiger partial charge on any atom is -0.496 e. The predicted octanol–water partition coefficient (Wildman–Crippen LogP) is 3.64. The van der Waals surface area contributed by atoms with E-state index in [2.05, 4.69) is 5.32 Å². The first kappa shape index (κ1) is 20.9. The van der Waals surface area contributed by atoms with E-state index in [1.807, 2.05) is 25.1 Å². The SMILES string of the molecule is COc1ccc(C)cc1CCNC(=O)c1cc(Cl)c(N)cc1OC.Cl. The number of amides is 1. The standard InChI is InChI=1S/C18H21ClN2O3.ClH/c1-11-4-5-16(23-2)12(8-11)6-7-21-18(22)13-9-14(19)15(20)10-17(13)24-3;/h4-5,8-10H,6-7,20H2,1-3H3,(H,21,22);1H. The molecular formula is C18H22Cl2N2O3. The first-order chi connectivity index (χ1) is 11.5. The molecule has 0 bridgehead atoms. The van der Waals surface area contributed by atoms with Crippen LogP contribution in [0, 0.1) is 6.92 Å². The third-order valence-corrected chi connectivity index (χ3v) is 4.01. The Morgan fingerprint density at radius 2 is 1.84 bits per heavy atom. The van der Waals surface area contributed by atoms with E-state index in [1.54, 1.807) is 13.2 Å². The number of halogens is 2. The van der Waals surface area contributed by atoms with Crippen molar-refractivity contribution in [1.29, 1.82) is 0 Å². The van der Waals surface area contributed by atoms with Crippen molar-refractivity contribution in [3.8, 4) is 11.5 Å². The normalized spacial score (nSPS) is 9.92. The van der Waals surface area contributed by atoms with E-state index < -0.39 is 0 Å². The molecule has 5 nitrogen and oxygen atoms in total. The highest BCUT2D eigenvalue weighted by Crippen LogP contribution is 2.28. The van der Waals surface area contributed by atoms with Gasteiger partial charge in [0.1, 0.15) is 11.5 Å². The van der Waals surface area contributed by atoms with Crippen molar-refractivity contribution in [2.24, 2.45) is 0 Å². The zero-order chi connectivity index (χ0) is 17.7. The van der Waals surface area contributed by atoms with Gasteiger partial charge in [0.25, 0.3) is 5.91 Å². The third-order valence-electron chi connectivity index (χ3n) is 3.68. The topological polar surface area (TPSA) is 73.6 Å². The number of hydrogen-bond donors (Lipinski definition) is 2. The Morgan fingerprint density at radius 1 is 1.16 bits per heavy atom. The van der Waals surface area contributed by atoms with Crippen LogP contribution in [0.5, 0.6) is 11.5 Å². The van der Waals surface area contributed by atoms with Gasteiger partial charge in [0.15, 0.2) is 0 Å². The number of nitrogen functional groups attached to an aromatic ring is 1. The maximum absolute atomic E-state index is 12.4. The van der Waals surface area contributed by atoms with E-state index in [1.165, 1.54) is 13.2 Å². The van der Waals surface area contributed by atoms with Crippen molar-refractivity contribution in [3.05, 3.63) is 52.0 Å². The molecule has 0 aromatic heterocycles. The molecule has 0 aliphatic heterocycles. The zero-order valence-corrected chi connectivity index (χ0v) is 16.0. The summed E-state index contributed by atoms with van der Waals surface area (Å²) in [5.74, 6) is 0.936. The number of benzene rings is 2. The number of anilines is 1. The van der Waals surface area contributed by atoms with Crippen molar-refractivity contribution in [1.82, 2.24) is 5.32 Å². The summed E-state index contributed by atoms with van der Waals surface area (Å²) in [5.41, 5.74) is 8.64. The van der Waals surface area contributed by atoms with Crippen LogP contribution in [-0.2, 0) is 6.42 Å². The van der Waals surface area contributed by atoms with Gasteiger partial charge in [0, 0.05) is 12.6 Å². The van der Waals surface area contributed by atoms with E-state index in [9.17, 15) is 4.79 Å². The molecule has 0 saturated heterocycles. The number of hydrogen-bond acceptors (Lipinski definition) is 4. The summed E-state index contributed by atoms with van der Waals surface area (Å²) in [6, 6.07) is 9.02. The van der Waals surface area contributed by atoms with Crippen molar-refractivity contribution in [2.75, 3.05) is 26.5 Å². The van der Waals surface area contributed by atoms with Crippen molar-refractivity contribution >= 4 is 35.6 Å². The molecule has 0 saturated carbocycles. The Hall–Kier alpha value is -2.11. The molecule has 0 radical (unpaired) electrons. The van der Waals surface area contributed by atoms with Gasteiger partial charge in [0.05, 0.1) is 30.5 Å². The highest BCUT2D eigenvalue weighted by Gasteiger charge is 2.15. The van der Waals surface area contributed by atoms with E-state index in [-0.39, 0.29) is 18.3 Å². The highest BCUT2D eigenvalue weighted by atomic mass is 35.5. The van der Waals surface area contributed by atoms with Gasteiger partial charge in [-0.15, -0.1) is 12.4 Å². The summed E-state index contributed by atoms with van der Waals surface area (Å²) in [6.07, 6.45) is 0.654. The van der Waals surface area contributed by atoms with Gasteiger partial charge in [-0.2, -0.15) is 0 Å². The zero-order valence-electron chi connectivity index (χ0n) is 14.4. The molecule has 7 heteroatoms. The van der Waals surface area contributed by atoms with Crippen LogP contribution in [0.2, 0.25) is 5.02 Å². The molecule has 0 heterocycles. The van der Waals surface area contributed by atoms with Crippen LogP contribution >= 0.6 is 24.0 Å². The van der Waals surface area contributed by atoms with Gasteiger partial charge in [-0.3, -0.25) is 4.79 Å². The molecule has 2 rings (SSSR count). The average molecular weight is 385 g/mol. The Bertz CT molecular complexity index is 751. The van der Waals surface area contributed by atoms with Crippen LogP contribution in [-0.4, -0.2) is 26.7 Å². The summed E-state index contributed by atoms with van der Waals surface area (Å²) >= 11 is 6.00. The van der Waals surface area contributed by atoms with Gasteiger partial charge < -0.3 is 20.5 Å². The summed E-state index contributed by atoms with van der Waals surface area (Å²) < 4.78 is 10.5. The van der Waals surface area contributed by atoms with Gasteiger partial charge >= 0.3 is 0 Å². The molecule has 2 aromatic rings. The van der Waals surface area contributed by atoms with Gasteiger partial charge in [-0.1, -0.05) is 29.3 Å². The largest absolute Gasteiger partial charge is 0.496 e. The molecular weight excluding hydrogens is 363 g/mol. The van der Waals surface area contributed by atoms with Crippen LogP contribution in [0.3, 0.4) is 0 Å². The number of aryl methyl sites for hydroxylation is 1. The smallest absolute Gasteiger partial charge is 0.255 e. The predicted molar refractivity (Wildman–Crippen MR) is 103 cm³/mol. The summed E-state index contributed by atoms with van der Waals surface area (Å²) in [4.78, 5) is 12.4. The molecule has 0 unspecified atom stereocenters. The second-order valence-electron chi connectivity index (χ2n) is 5.40. The first-order valence-corrected chi connectivity index (χ1v) is 7.88. The fourth-order valence-electron chi connectivity index (χ4n) is 2.42. The highest BCUT2D eigenvalue weighted by molar-refractivity contribution is 6.33. The summed E-state index contributed by atoms with van der Waals surface area (Å²) in [6.45, 7) is 2.48. The summed E-state index contributed by atoms with van der Waals surface area (Å²) in [7, 11) is 3.12. The fourth-order valence-corrected chi connectivity index (χ4v) is 2.59. The van der Waals surface area contributed by atoms with Gasteiger partial charge in [-0.25, -0.2) is 0 Å². The molecule has 136 valence electrons. The third kappa shape index (κ3) is 5.18. The van der Waals surface area contributed by atoms with Crippen molar-refractivity contribution < 1.29 is 14.3 Å². The van der Waals surface area contributed by atoms with Crippen LogP contribution in [0.1, 0.15) is 21.5 Å². The maximum atomic E-state index is 12.4. The molecule has 25 heavy (non-hydrogen) atoms. The van der Waals surface area contributed by atoms with Crippen molar-refractivity contribution in [2.45, 2.75) is 13.3 Å². The average Bonchev–Trinajstić information content (AvgIpc) is 2.57. The number of rotatable bonds is 6. The molecule has 3 N–H and O–H groups in total. The minimum atomic E-state index is -0.264. The number of carbonyl (C=O) groups excluding carboxylic acids is 1. The van der Waals surface area contributed by atoms with Gasteiger partial charge in [-0.05, 0) is 31.0 Å². The monoisotopic (exact) mass is 384 g/mol. The Morgan fingerprint density at radius 3 is 2.48 bits per heavy atom. The lowest BCUT2D eigenvalue weighted by Crippen LogP contribution is -2.26. The molecule has 0 aliphatic rings. The number of nitrogens with one attached hydrogen (secondary N) is 1. The molecule has 0 spiro atoms. The first-order valence-electron chi connectivity index (χ1n) is 7.51. The lowest BCUT2D eigenvalue weighted by Gasteiger charge is -2.12. The lowest BCUT2D eigenvalue weighted by atomic mass is 10.1. The molecule has 2 aromatic carbocycles. The van der Waals surface area contributed by atoms with Gasteiger partial charge in [0.2, 0.25) is 0 Å².